The van der Waals surface area contributed by atoms with Crippen LogP contribution in [0.4, 0.5) is 0 Å². The van der Waals surface area contributed by atoms with E-state index in [9.17, 15) is 4.79 Å². The molecule has 5 heteroatoms. The monoisotopic (exact) mass is 306 g/mol. The molecular weight excluding hydrogens is 288 g/mol. The van der Waals surface area contributed by atoms with Gasteiger partial charge in [-0.05, 0) is 37.3 Å². The second kappa shape index (κ2) is 5.43. The van der Waals surface area contributed by atoms with E-state index in [-0.39, 0.29) is 11.9 Å². The molecule has 0 saturated carbocycles. The van der Waals surface area contributed by atoms with Crippen molar-refractivity contribution >= 4 is 5.91 Å². The summed E-state index contributed by atoms with van der Waals surface area (Å²) in [7, 11) is 0. The fourth-order valence-corrected chi connectivity index (χ4v) is 3.23. The molecule has 0 bridgehead atoms. The predicted molar refractivity (Wildman–Crippen MR) is 87.4 cm³/mol. The fraction of sp³-hybridized carbons (Fsp3) is 0.222. The first-order chi connectivity index (χ1) is 11.2. The molecule has 0 unspecified atom stereocenters. The summed E-state index contributed by atoms with van der Waals surface area (Å²) in [5, 5.41) is 0. The molecule has 0 radical (unpaired) electrons. The molecule has 3 aromatic rings. The average Bonchev–Trinajstić information content (AvgIpc) is 3.26. The summed E-state index contributed by atoms with van der Waals surface area (Å²) in [6, 6.07) is 11.9. The van der Waals surface area contributed by atoms with Crippen LogP contribution in [0.2, 0.25) is 0 Å². The molecule has 0 saturated heterocycles. The first kappa shape index (κ1) is 13.8. The van der Waals surface area contributed by atoms with Gasteiger partial charge in [0.25, 0.3) is 5.91 Å². The lowest BCUT2D eigenvalue weighted by molar-refractivity contribution is 0.0644. The van der Waals surface area contributed by atoms with Crippen LogP contribution < -0.4 is 0 Å². The number of hydrogen-bond donors (Lipinski definition) is 0. The van der Waals surface area contributed by atoms with Gasteiger partial charge in [0.15, 0.2) is 0 Å². The Morgan fingerprint density at radius 1 is 1.17 bits per heavy atom. The fourth-order valence-electron chi connectivity index (χ4n) is 3.23. The highest BCUT2D eigenvalue weighted by atomic mass is 16.2. The summed E-state index contributed by atoms with van der Waals surface area (Å²) in [6.07, 6.45) is 7.42. The van der Waals surface area contributed by atoms with Gasteiger partial charge in [0.2, 0.25) is 0 Å². The third-order valence-electron chi connectivity index (χ3n) is 4.50. The number of hydrogen-bond acceptors (Lipinski definition) is 2. The lowest BCUT2D eigenvalue weighted by Crippen LogP contribution is -2.40. The van der Waals surface area contributed by atoms with Crippen molar-refractivity contribution in [3.05, 3.63) is 72.6 Å². The van der Waals surface area contributed by atoms with Crippen molar-refractivity contribution in [3.63, 3.8) is 0 Å². The summed E-state index contributed by atoms with van der Waals surface area (Å²) in [6.45, 7) is 3.67. The van der Waals surface area contributed by atoms with Crippen LogP contribution in [-0.4, -0.2) is 31.5 Å². The van der Waals surface area contributed by atoms with Crippen LogP contribution >= 0.6 is 0 Å². The number of carbonyl (C=O) groups excluding carboxylic acids is 1. The molecule has 3 heterocycles. The maximum absolute atomic E-state index is 13.0. The zero-order chi connectivity index (χ0) is 15.8. The quantitative estimate of drug-likeness (QED) is 0.730. The van der Waals surface area contributed by atoms with Crippen molar-refractivity contribution < 1.29 is 4.79 Å². The van der Waals surface area contributed by atoms with E-state index >= 15 is 0 Å². The Bertz CT molecular complexity index is 834. The molecule has 0 spiro atoms. The highest BCUT2D eigenvalue weighted by Crippen LogP contribution is 2.27. The predicted octanol–water partition coefficient (Wildman–Crippen LogP) is 2.89. The van der Waals surface area contributed by atoms with Gasteiger partial charge in [-0.15, -0.1) is 0 Å². The van der Waals surface area contributed by atoms with Crippen molar-refractivity contribution in [1.29, 1.82) is 0 Å². The number of benzene rings is 1. The van der Waals surface area contributed by atoms with Crippen LogP contribution in [0.1, 0.15) is 29.0 Å². The molecule has 1 atom stereocenters. The molecule has 0 N–H and O–H groups in total. The van der Waals surface area contributed by atoms with Crippen molar-refractivity contribution in [1.82, 2.24) is 19.0 Å². The Balaban J connectivity index is 1.64. The standard InChI is InChI=1S/C18H18N4O/c1-14-17-6-3-8-20(17)10-11-22(14)18(23)15-4-2-5-16(12-15)21-9-7-19-13-21/h2-9,12-14H,10-11H2,1H3/t14-/m1/s1. The number of fused-ring (bicyclic) bond motifs is 1. The number of imidazole rings is 1. The molecule has 5 nitrogen and oxygen atoms in total. The van der Waals surface area contributed by atoms with Crippen LogP contribution in [-0.2, 0) is 6.54 Å². The molecular formula is C18H18N4O. The van der Waals surface area contributed by atoms with E-state index in [1.54, 1.807) is 12.5 Å². The molecule has 1 amide bonds. The van der Waals surface area contributed by atoms with Gasteiger partial charge in [-0.2, -0.15) is 0 Å². The largest absolute Gasteiger partial charge is 0.348 e. The Hall–Kier alpha value is -2.82. The highest BCUT2D eigenvalue weighted by Gasteiger charge is 2.28. The van der Waals surface area contributed by atoms with E-state index < -0.39 is 0 Å². The SMILES string of the molecule is C[C@@H]1c2cccn2CCN1C(=O)c1cccc(-n2ccnc2)c1. The van der Waals surface area contributed by atoms with Crippen molar-refractivity contribution in [2.24, 2.45) is 0 Å². The first-order valence-electron chi connectivity index (χ1n) is 7.78. The smallest absolute Gasteiger partial charge is 0.254 e. The van der Waals surface area contributed by atoms with Crippen molar-refractivity contribution in [2.45, 2.75) is 19.5 Å². The van der Waals surface area contributed by atoms with Crippen LogP contribution in [0, 0.1) is 0 Å². The summed E-state index contributed by atoms with van der Waals surface area (Å²) >= 11 is 0. The Labute approximate surface area is 134 Å². The summed E-state index contributed by atoms with van der Waals surface area (Å²) in [5.74, 6) is 0.0758. The number of nitrogens with zero attached hydrogens (tertiary/aromatic N) is 4. The van der Waals surface area contributed by atoms with Gasteiger partial charge in [0.05, 0.1) is 12.4 Å². The molecule has 2 aromatic heterocycles. The zero-order valence-electron chi connectivity index (χ0n) is 13.0. The molecule has 4 rings (SSSR count). The van der Waals surface area contributed by atoms with E-state index in [1.807, 2.05) is 46.0 Å². The minimum atomic E-state index is 0.0758. The van der Waals surface area contributed by atoms with Gasteiger partial charge in [0.1, 0.15) is 0 Å². The Morgan fingerprint density at radius 2 is 2.09 bits per heavy atom. The summed E-state index contributed by atoms with van der Waals surface area (Å²) in [5.41, 5.74) is 2.85. The van der Waals surface area contributed by atoms with E-state index in [0.717, 1.165) is 18.8 Å². The van der Waals surface area contributed by atoms with Crippen LogP contribution in [0.5, 0.6) is 0 Å². The lowest BCUT2D eigenvalue weighted by atomic mass is 10.1. The topological polar surface area (TPSA) is 43.1 Å². The van der Waals surface area contributed by atoms with E-state index in [4.69, 9.17) is 0 Å². The van der Waals surface area contributed by atoms with Crippen LogP contribution in [0.3, 0.4) is 0 Å². The highest BCUT2D eigenvalue weighted by molar-refractivity contribution is 5.95. The molecule has 1 aliphatic heterocycles. The number of amides is 1. The van der Waals surface area contributed by atoms with E-state index in [0.29, 0.717) is 5.56 Å². The third-order valence-corrected chi connectivity index (χ3v) is 4.50. The molecule has 23 heavy (non-hydrogen) atoms. The van der Waals surface area contributed by atoms with Gasteiger partial charge in [-0.25, -0.2) is 4.98 Å². The van der Waals surface area contributed by atoms with Gasteiger partial charge in [-0.1, -0.05) is 6.07 Å². The second-order valence-corrected chi connectivity index (χ2v) is 5.82. The molecule has 1 aliphatic rings. The van der Waals surface area contributed by atoms with Gasteiger partial charge < -0.3 is 14.0 Å². The van der Waals surface area contributed by atoms with Gasteiger partial charge in [-0.3, -0.25) is 4.79 Å². The van der Waals surface area contributed by atoms with E-state index in [2.05, 4.69) is 28.7 Å². The molecule has 116 valence electrons. The number of aromatic nitrogens is 3. The van der Waals surface area contributed by atoms with Gasteiger partial charge in [0, 0.05) is 48.6 Å². The maximum atomic E-state index is 13.0. The minimum Gasteiger partial charge on any atom is -0.348 e. The van der Waals surface area contributed by atoms with Crippen LogP contribution in [0.15, 0.2) is 61.3 Å². The Morgan fingerprint density at radius 3 is 2.91 bits per heavy atom. The normalized spacial score (nSPS) is 17.1. The maximum Gasteiger partial charge on any atom is 0.254 e. The summed E-state index contributed by atoms with van der Waals surface area (Å²) in [4.78, 5) is 19.0. The van der Waals surface area contributed by atoms with Gasteiger partial charge >= 0.3 is 0 Å². The first-order valence-corrected chi connectivity index (χ1v) is 7.78. The van der Waals surface area contributed by atoms with E-state index in [1.165, 1.54) is 5.69 Å². The molecule has 0 fully saturated rings. The number of rotatable bonds is 2. The lowest BCUT2D eigenvalue weighted by Gasteiger charge is -2.35. The summed E-state index contributed by atoms with van der Waals surface area (Å²) < 4.78 is 4.12. The second-order valence-electron chi connectivity index (χ2n) is 5.82. The molecule has 1 aromatic carbocycles. The zero-order valence-corrected chi connectivity index (χ0v) is 13.0. The van der Waals surface area contributed by atoms with Crippen molar-refractivity contribution in [2.75, 3.05) is 6.54 Å². The van der Waals surface area contributed by atoms with Crippen molar-refractivity contribution in [3.8, 4) is 5.69 Å². The third kappa shape index (κ3) is 2.34. The van der Waals surface area contributed by atoms with Crippen LogP contribution in [0.25, 0.3) is 5.69 Å². The molecule has 0 aliphatic carbocycles. The Kier molecular flexibility index (Phi) is 3.26. The minimum absolute atomic E-state index is 0.0758. The average molecular weight is 306 g/mol. The number of carbonyl (C=O) groups is 1.